The summed E-state index contributed by atoms with van der Waals surface area (Å²) < 4.78 is 21.2. The lowest BCUT2D eigenvalue weighted by Crippen LogP contribution is -2.26. The van der Waals surface area contributed by atoms with Crippen molar-refractivity contribution in [3.05, 3.63) is 29.8 Å². The van der Waals surface area contributed by atoms with Crippen LogP contribution in [0.3, 0.4) is 0 Å². The van der Waals surface area contributed by atoms with Crippen LogP contribution in [0.15, 0.2) is 24.3 Å². The van der Waals surface area contributed by atoms with E-state index in [1.807, 2.05) is 12.1 Å². The van der Waals surface area contributed by atoms with Crippen LogP contribution in [0, 0.1) is 0 Å². The van der Waals surface area contributed by atoms with Gasteiger partial charge in [-0.3, -0.25) is 4.52 Å². The molecule has 2 atom stereocenters. The Kier molecular flexibility index (Phi) is 8.40. The molecule has 1 aromatic carbocycles. The van der Waals surface area contributed by atoms with Crippen LogP contribution in [0.2, 0.25) is 0 Å². The van der Waals surface area contributed by atoms with Crippen LogP contribution in [-0.2, 0) is 15.5 Å². The van der Waals surface area contributed by atoms with Gasteiger partial charge in [-0.05, 0) is 30.5 Å². The fraction of sp³-hybridized carbons (Fsp3) is 0.667. The maximum atomic E-state index is 10.7. The molecule has 1 heterocycles. The van der Waals surface area contributed by atoms with Gasteiger partial charge in [0.15, 0.2) is 0 Å². The van der Waals surface area contributed by atoms with E-state index in [-0.39, 0.29) is 18.8 Å². The van der Waals surface area contributed by atoms with Gasteiger partial charge in [0.1, 0.15) is 11.9 Å². The maximum Gasteiger partial charge on any atom is 0.469 e. The average molecular weight is 371 g/mol. The molecule has 6 nitrogen and oxygen atoms in total. The lowest BCUT2D eigenvalue weighted by molar-refractivity contribution is 0.173. The number of aryl methyl sites for hydroxylation is 1. The number of phosphoric ester groups is 1. The van der Waals surface area contributed by atoms with Crippen LogP contribution in [-0.4, -0.2) is 35.1 Å². The van der Waals surface area contributed by atoms with Crippen molar-refractivity contribution >= 4 is 7.82 Å². The fourth-order valence-corrected chi connectivity index (χ4v) is 3.42. The number of hydrogen-bond donors (Lipinski definition) is 3. The first kappa shape index (κ1) is 20.4. The Bertz CT molecular complexity index is 545. The van der Waals surface area contributed by atoms with Crippen LogP contribution >= 0.6 is 7.82 Å². The van der Waals surface area contributed by atoms with Gasteiger partial charge >= 0.3 is 7.82 Å². The molecule has 1 saturated heterocycles. The topological polar surface area (TPSA) is 88.0 Å². The minimum atomic E-state index is -4.41. The first-order chi connectivity index (χ1) is 12.0. The molecule has 25 heavy (non-hydrogen) atoms. The molecule has 2 rings (SSSR count). The van der Waals surface area contributed by atoms with Gasteiger partial charge in [0.25, 0.3) is 0 Å². The molecule has 7 heteroatoms. The second kappa shape index (κ2) is 10.3. The number of hydrogen-bond acceptors (Lipinski definition) is 4. The Hall–Kier alpha value is -0.910. The van der Waals surface area contributed by atoms with Crippen molar-refractivity contribution in [2.75, 3.05) is 13.2 Å². The van der Waals surface area contributed by atoms with E-state index in [0.29, 0.717) is 13.0 Å². The summed E-state index contributed by atoms with van der Waals surface area (Å²) >= 11 is 0. The molecule has 1 aliphatic rings. The van der Waals surface area contributed by atoms with E-state index in [4.69, 9.17) is 14.5 Å². The molecule has 0 bridgehead atoms. The molecular formula is C18H30NO5P. The zero-order chi connectivity index (χ0) is 18.1. The van der Waals surface area contributed by atoms with Gasteiger partial charge in [-0.25, -0.2) is 4.57 Å². The summed E-state index contributed by atoms with van der Waals surface area (Å²) in [7, 11) is -4.41. The highest BCUT2D eigenvalue weighted by atomic mass is 31.2. The van der Waals surface area contributed by atoms with Crippen molar-refractivity contribution in [3.63, 3.8) is 0 Å². The predicted molar refractivity (Wildman–Crippen MR) is 97.7 cm³/mol. The lowest BCUT2D eigenvalue weighted by Gasteiger charge is -2.14. The number of nitrogens with one attached hydrogen (secondary N) is 1. The first-order valence-corrected chi connectivity index (χ1v) is 10.7. The van der Waals surface area contributed by atoms with Gasteiger partial charge in [-0.2, -0.15) is 0 Å². The van der Waals surface area contributed by atoms with Gasteiger partial charge < -0.3 is 19.8 Å². The van der Waals surface area contributed by atoms with Crippen molar-refractivity contribution in [2.24, 2.45) is 0 Å². The zero-order valence-electron chi connectivity index (χ0n) is 14.9. The number of unbranched alkanes of at least 4 members (excludes halogenated alkanes) is 4. The molecule has 0 saturated carbocycles. The van der Waals surface area contributed by atoms with Gasteiger partial charge in [-0.15, -0.1) is 0 Å². The van der Waals surface area contributed by atoms with E-state index in [2.05, 4.69) is 28.9 Å². The number of phosphoric acid groups is 1. The van der Waals surface area contributed by atoms with Gasteiger partial charge in [0.05, 0.1) is 6.61 Å². The maximum absolute atomic E-state index is 10.7. The Balaban J connectivity index is 1.68. The van der Waals surface area contributed by atoms with E-state index < -0.39 is 7.82 Å². The third-order valence-corrected chi connectivity index (χ3v) is 4.91. The van der Waals surface area contributed by atoms with Crippen molar-refractivity contribution in [3.8, 4) is 5.75 Å². The Morgan fingerprint density at radius 2 is 1.88 bits per heavy atom. The molecule has 0 aromatic heterocycles. The van der Waals surface area contributed by atoms with Gasteiger partial charge in [0, 0.05) is 19.0 Å². The van der Waals surface area contributed by atoms with Crippen molar-refractivity contribution in [1.29, 1.82) is 0 Å². The Morgan fingerprint density at radius 3 is 2.56 bits per heavy atom. The van der Waals surface area contributed by atoms with E-state index in [0.717, 1.165) is 12.2 Å². The highest BCUT2D eigenvalue weighted by Gasteiger charge is 2.28. The molecule has 0 spiro atoms. The molecule has 142 valence electrons. The van der Waals surface area contributed by atoms with Crippen LogP contribution in [0.25, 0.3) is 0 Å². The zero-order valence-corrected chi connectivity index (χ0v) is 15.8. The van der Waals surface area contributed by atoms with Gasteiger partial charge in [0.2, 0.25) is 0 Å². The monoisotopic (exact) mass is 371 g/mol. The molecule has 3 N–H and O–H groups in total. The largest absolute Gasteiger partial charge is 0.489 e. The summed E-state index contributed by atoms with van der Waals surface area (Å²) in [4.78, 5) is 17.5. The smallest absolute Gasteiger partial charge is 0.469 e. The van der Waals surface area contributed by atoms with E-state index in [9.17, 15) is 4.57 Å². The summed E-state index contributed by atoms with van der Waals surface area (Å²) in [5, 5.41) is 3.16. The fourth-order valence-electron chi connectivity index (χ4n) is 3.05. The summed E-state index contributed by atoms with van der Waals surface area (Å²) in [6.45, 7) is 2.86. The van der Waals surface area contributed by atoms with E-state index >= 15 is 0 Å². The predicted octanol–water partition coefficient (Wildman–Crippen LogP) is 3.42. The lowest BCUT2D eigenvalue weighted by atomic mass is 10.1. The summed E-state index contributed by atoms with van der Waals surface area (Å²) in [5.74, 6) is 0.832. The van der Waals surface area contributed by atoms with Crippen LogP contribution < -0.4 is 10.1 Å². The average Bonchev–Trinajstić information content (AvgIpc) is 3.01. The quantitative estimate of drug-likeness (QED) is 0.408. The minimum absolute atomic E-state index is 0.00901. The molecule has 0 amide bonds. The highest BCUT2D eigenvalue weighted by molar-refractivity contribution is 7.46. The summed E-state index contributed by atoms with van der Waals surface area (Å²) in [6.07, 6.45) is 8.20. The van der Waals surface area contributed by atoms with E-state index in [1.54, 1.807) is 0 Å². The third-order valence-electron chi connectivity index (χ3n) is 4.42. The molecule has 1 aliphatic heterocycles. The molecule has 1 fully saturated rings. The molecular weight excluding hydrogens is 341 g/mol. The van der Waals surface area contributed by atoms with Crippen molar-refractivity contribution in [1.82, 2.24) is 5.32 Å². The number of benzene rings is 1. The number of rotatable bonds is 11. The standard InChI is InChI=1S/C18H30NO5P/c1-2-3-4-5-6-7-15-8-10-17(11-9-15)24-18-12-16(19-13-18)14-23-25(20,21)22/h8-11,16,18-19H,2-7,12-14H2,1H3,(H2,20,21,22)/t16-,18+/m1/s1. The van der Waals surface area contributed by atoms with E-state index in [1.165, 1.54) is 37.7 Å². The Labute approximate surface area is 150 Å². The second-order valence-electron chi connectivity index (χ2n) is 6.68. The Morgan fingerprint density at radius 1 is 1.16 bits per heavy atom. The van der Waals surface area contributed by atoms with Crippen LogP contribution in [0.5, 0.6) is 5.75 Å². The second-order valence-corrected chi connectivity index (χ2v) is 7.91. The summed E-state index contributed by atoms with van der Waals surface area (Å²) in [5.41, 5.74) is 1.33. The first-order valence-electron chi connectivity index (χ1n) is 9.15. The van der Waals surface area contributed by atoms with Crippen LogP contribution in [0.4, 0.5) is 0 Å². The highest BCUT2D eigenvalue weighted by Crippen LogP contribution is 2.36. The van der Waals surface area contributed by atoms with Crippen molar-refractivity contribution < 1.29 is 23.6 Å². The van der Waals surface area contributed by atoms with Crippen molar-refractivity contribution in [2.45, 2.75) is 64.0 Å². The number of ether oxygens (including phenoxy) is 1. The summed E-state index contributed by atoms with van der Waals surface area (Å²) in [6, 6.07) is 8.14. The third kappa shape index (κ3) is 8.34. The molecule has 0 aliphatic carbocycles. The molecule has 1 aromatic rings. The minimum Gasteiger partial charge on any atom is -0.489 e. The molecule has 0 unspecified atom stereocenters. The molecule has 0 radical (unpaired) electrons. The SMILES string of the molecule is CCCCCCCc1ccc(O[C@@H]2CN[C@@H](COP(=O)(O)O)C2)cc1. The normalized spacial score (nSPS) is 20.8. The van der Waals surface area contributed by atoms with Gasteiger partial charge in [-0.1, -0.05) is 44.7 Å². The van der Waals surface area contributed by atoms with Crippen LogP contribution in [0.1, 0.15) is 51.0 Å².